The second-order valence-electron chi connectivity index (χ2n) is 7.55. The van der Waals surface area contributed by atoms with Crippen LogP contribution in [0.5, 0.6) is 11.5 Å². The zero-order valence-electron chi connectivity index (χ0n) is 18.0. The van der Waals surface area contributed by atoms with Gasteiger partial charge in [-0.05, 0) is 36.2 Å². The number of benzene rings is 2. The van der Waals surface area contributed by atoms with E-state index in [9.17, 15) is 27.2 Å². The third kappa shape index (κ3) is 4.36. The summed E-state index contributed by atoms with van der Waals surface area (Å²) in [7, 11) is 1.40. The molecule has 0 spiro atoms. The molecule has 34 heavy (non-hydrogen) atoms. The minimum Gasteiger partial charge on any atom is -0.451 e. The lowest BCUT2D eigenvalue weighted by Gasteiger charge is -2.16. The van der Waals surface area contributed by atoms with Crippen molar-refractivity contribution in [2.45, 2.75) is 19.6 Å². The van der Waals surface area contributed by atoms with Gasteiger partial charge in [0.15, 0.2) is 5.82 Å². The fourth-order valence-electron chi connectivity index (χ4n) is 3.44. The van der Waals surface area contributed by atoms with E-state index in [2.05, 4.69) is 10.2 Å². The molecule has 0 radical (unpaired) electrons. The van der Waals surface area contributed by atoms with E-state index in [-0.39, 0.29) is 23.7 Å². The van der Waals surface area contributed by atoms with Crippen LogP contribution in [0.15, 0.2) is 64.3 Å². The summed E-state index contributed by atoms with van der Waals surface area (Å²) in [6, 6.07) is 11.3. The average molecular weight is 474 g/mol. The van der Waals surface area contributed by atoms with Crippen LogP contribution in [-0.4, -0.2) is 19.3 Å². The Morgan fingerprint density at radius 2 is 1.79 bits per heavy atom. The monoisotopic (exact) mass is 474 g/mol. The van der Waals surface area contributed by atoms with Crippen LogP contribution in [0.2, 0.25) is 0 Å². The molecule has 7 nitrogen and oxygen atoms in total. The van der Waals surface area contributed by atoms with Gasteiger partial charge in [0.25, 0.3) is 5.56 Å². The molecule has 2 aromatic carbocycles. The number of hydrogen-bond donors (Lipinski definition) is 1. The summed E-state index contributed by atoms with van der Waals surface area (Å²) in [6.07, 6.45) is -3.97. The van der Waals surface area contributed by atoms with E-state index in [1.54, 1.807) is 31.2 Å². The van der Waals surface area contributed by atoms with Crippen LogP contribution < -0.4 is 16.0 Å². The van der Waals surface area contributed by atoms with Crippen molar-refractivity contribution in [1.82, 2.24) is 19.3 Å². The Morgan fingerprint density at radius 1 is 1.06 bits per heavy atom. The molecule has 4 rings (SSSR count). The fraction of sp³-hybridized carbons (Fsp3) is 0.174. The molecule has 0 saturated heterocycles. The largest absolute Gasteiger partial charge is 0.451 e. The van der Waals surface area contributed by atoms with Crippen molar-refractivity contribution in [3.05, 3.63) is 98.3 Å². The lowest BCUT2D eigenvalue weighted by Crippen LogP contribution is -2.26. The molecule has 0 aliphatic heterocycles. The summed E-state index contributed by atoms with van der Waals surface area (Å²) in [6.45, 7) is 1.51. The average Bonchev–Trinajstić information content (AvgIpc) is 3.08. The molecule has 1 N–H and O–H groups in total. The van der Waals surface area contributed by atoms with Crippen LogP contribution >= 0.6 is 0 Å². The number of nitrogens with zero attached hydrogens (tertiary/aromatic N) is 3. The van der Waals surface area contributed by atoms with Crippen LogP contribution in [0.25, 0.3) is 11.1 Å². The van der Waals surface area contributed by atoms with Crippen LogP contribution in [-0.2, 0) is 19.8 Å². The lowest BCUT2D eigenvalue weighted by molar-refractivity contribution is -0.138. The maximum atomic E-state index is 14.8. The van der Waals surface area contributed by atoms with Crippen molar-refractivity contribution < 1.29 is 22.3 Å². The number of aryl methyl sites for hydroxylation is 1. The Balaban J connectivity index is 1.75. The molecule has 0 bridgehead atoms. The summed E-state index contributed by atoms with van der Waals surface area (Å²) in [4.78, 5) is 24.4. The first kappa shape index (κ1) is 23.0. The van der Waals surface area contributed by atoms with Gasteiger partial charge >= 0.3 is 11.9 Å². The first-order valence-corrected chi connectivity index (χ1v) is 10.0. The Kier molecular flexibility index (Phi) is 5.86. The van der Waals surface area contributed by atoms with E-state index in [0.29, 0.717) is 11.6 Å². The van der Waals surface area contributed by atoms with Crippen LogP contribution in [0.3, 0.4) is 0 Å². The van der Waals surface area contributed by atoms with Crippen molar-refractivity contribution in [3.63, 3.8) is 0 Å². The molecule has 0 atom stereocenters. The summed E-state index contributed by atoms with van der Waals surface area (Å²) in [5.41, 5.74) is -1.30. The summed E-state index contributed by atoms with van der Waals surface area (Å²) >= 11 is 0. The number of aromatic nitrogens is 4. The number of ether oxygens (including phenoxy) is 1. The van der Waals surface area contributed by atoms with Crippen LogP contribution in [0.1, 0.15) is 17.0 Å². The molecule has 2 aromatic heterocycles. The van der Waals surface area contributed by atoms with Gasteiger partial charge in [-0.15, -0.1) is 0 Å². The number of aromatic amines is 1. The minimum absolute atomic E-state index is 0.117. The number of H-pyrrole nitrogens is 1. The number of halogens is 4. The molecule has 176 valence electrons. The number of pyridine rings is 1. The highest BCUT2D eigenvalue weighted by Crippen LogP contribution is 2.37. The quantitative estimate of drug-likeness (QED) is 0.439. The Bertz CT molecular complexity index is 1480. The standard InChI is InChI=1S/C23H18F4N4O3/c1-13-5-3-4-6-15(13)16-8-7-14(11-18(16)24)34-20-17(23(25,26)27)9-10-31(21(20)32)12-19-28-29-22(33)30(19)2/h3-11H,12H2,1-2H3,(H,29,33). The molecule has 0 aliphatic rings. The molecular formula is C23H18F4N4O3. The van der Waals surface area contributed by atoms with Crippen LogP contribution in [0.4, 0.5) is 17.6 Å². The molecule has 0 unspecified atom stereocenters. The number of nitrogens with one attached hydrogen (secondary N) is 1. The van der Waals surface area contributed by atoms with Crippen molar-refractivity contribution in [2.75, 3.05) is 0 Å². The highest BCUT2D eigenvalue weighted by atomic mass is 19.4. The third-order valence-corrected chi connectivity index (χ3v) is 5.31. The van der Waals surface area contributed by atoms with Crippen molar-refractivity contribution >= 4 is 0 Å². The van der Waals surface area contributed by atoms with Gasteiger partial charge in [0.2, 0.25) is 5.75 Å². The van der Waals surface area contributed by atoms with Gasteiger partial charge in [-0.3, -0.25) is 9.36 Å². The topological polar surface area (TPSA) is 81.9 Å². The molecule has 0 aliphatic carbocycles. The van der Waals surface area contributed by atoms with Crippen LogP contribution in [0, 0.1) is 12.7 Å². The third-order valence-electron chi connectivity index (χ3n) is 5.31. The van der Waals surface area contributed by atoms with Crippen molar-refractivity contribution in [3.8, 4) is 22.6 Å². The Morgan fingerprint density at radius 3 is 2.41 bits per heavy atom. The number of alkyl halides is 3. The minimum atomic E-state index is -4.90. The molecule has 2 heterocycles. The van der Waals surface area contributed by atoms with E-state index in [0.717, 1.165) is 27.0 Å². The lowest BCUT2D eigenvalue weighted by atomic mass is 10.0. The van der Waals surface area contributed by atoms with Gasteiger partial charge in [0.05, 0.1) is 6.54 Å². The molecule has 0 fully saturated rings. The number of hydrogen-bond acceptors (Lipinski definition) is 4. The SMILES string of the molecule is Cc1ccccc1-c1ccc(Oc2c(C(F)(F)F)ccn(Cc3n[nH]c(=O)n3C)c2=O)cc1F. The zero-order valence-corrected chi connectivity index (χ0v) is 18.0. The first-order valence-electron chi connectivity index (χ1n) is 10.0. The maximum Gasteiger partial charge on any atom is 0.420 e. The van der Waals surface area contributed by atoms with E-state index in [1.807, 2.05) is 0 Å². The van der Waals surface area contributed by atoms with E-state index >= 15 is 0 Å². The van der Waals surface area contributed by atoms with Gasteiger partial charge < -0.3 is 9.30 Å². The Hall–Kier alpha value is -4.15. The molecule has 0 saturated carbocycles. The fourth-order valence-corrected chi connectivity index (χ4v) is 3.44. The predicted molar refractivity (Wildman–Crippen MR) is 115 cm³/mol. The van der Waals surface area contributed by atoms with Crippen molar-refractivity contribution in [2.24, 2.45) is 7.05 Å². The summed E-state index contributed by atoms with van der Waals surface area (Å²) < 4.78 is 63.0. The van der Waals surface area contributed by atoms with Crippen molar-refractivity contribution in [1.29, 1.82) is 0 Å². The molecule has 11 heteroatoms. The van der Waals surface area contributed by atoms with E-state index in [4.69, 9.17) is 4.74 Å². The Labute approximate surface area is 189 Å². The predicted octanol–water partition coefficient (Wildman–Crippen LogP) is 4.24. The first-order chi connectivity index (χ1) is 16.1. The van der Waals surface area contributed by atoms with Gasteiger partial charge in [0, 0.05) is 24.9 Å². The summed E-state index contributed by atoms with van der Waals surface area (Å²) in [5.74, 6) is -1.89. The van der Waals surface area contributed by atoms with Gasteiger partial charge in [-0.2, -0.15) is 18.3 Å². The highest BCUT2D eigenvalue weighted by Gasteiger charge is 2.36. The molecule has 4 aromatic rings. The second-order valence-corrected chi connectivity index (χ2v) is 7.55. The van der Waals surface area contributed by atoms with Gasteiger partial charge in [-0.25, -0.2) is 14.3 Å². The molecular weight excluding hydrogens is 456 g/mol. The normalized spacial score (nSPS) is 11.6. The number of rotatable bonds is 5. The van der Waals surface area contributed by atoms with E-state index < -0.39 is 34.6 Å². The van der Waals surface area contributed by atoms with E-state index in [1.165, 1.54) is 19.2 Å². The highest BCUT2D eigenvalue weighted by molar-refractivity contribution is 5.68. The second kappa shape index (κ2) is 8.65. The van der Waals surface area contributed by atoms with Gasteiger partial charge in [-0.1, -0.05) is 24.3 Å². The smallest absolute Gasteiger partial charge is 0.420 e. The molecule has 0 amide bonds. The van der Waals surface area contributed by atoms with Gasteiger partial charge in [0.1, 0.15) is 17.1 Å². The summed E-state index contributed by atoms with van der Waals surface area (Å²) in [5, 5.41) is 5.93. The zero-order chi connectivity index (χ0) is 24.6. The maximum absolute atomic E-state index is 14.8.